The predicted octanol–water partition coefficient (Wildman–Crippen LogP) is 3.32. The minimum atomic E-state index is -0.309. The number of nitrogens with one attached hydrogen (secondary N) is 1. The van der Waals surface area contributed by atoms with Gasteiger partial charge in [0, 0.05) is 17.7 Å². The van der Waals surface area contributed by atoms with Crippen molar-refractivity contribution in [3.8, 4) is 5.75 Å². The zero-order valence-electron chi connectivity index (χ0n) is 11.1. The molecule has 3 rings (SSSR count). The number of amides is 1. The zero-order chi connectivity index (χ0) is 14.1. The van der Waals surface area contributed by atoms with E-state index in [-0.39, 0.29) is 11.7 Å². The molecule has 2 aromatic carbocycles. The maximum atomic E-state index is 13.2. The lowest BCUT2D eigenvalue weighted by atomic mass is 10.1. The standard InChI is InChI=1S/C16H14FNO2/c1-10-8-12(2-4-14(10)17)16(19)18-13-3-5-15-11(9-13)6-7-20-15/h2-5,8-9H,6-7H2,1H3,(H,18,19). The van der Waals surface area contributed by atoms with Crippen LogP contribution in [0, 0.1) is 12.7 Å². The highest BCUT2D eigenvalue weighted by molar-refractivity contribution is 6.04. The molecule has 0 aliphatic carbocycles. The highest BCUT2D eigenvalue weighted by Crippen LogP contribution is 2.28. The smallest absolute Gasteiger partial charge is 0.255 e. The molecule has 1 heterocycles. The highest BCUT2D eigenvalue weighted by Gasteiger charge is 2.14. The van der Waals surface area contributed by atoms with E-state index in [4.69, 9.17) is 4.74 Å². The van der Waals surface area contributed by atoms with Crippen LogP contribution in [0.2, 0.25) is 0 Å². The SMILES string of the molecule is Cc1cc(C(=O)Nc2ccc3c(c2)CCO3)ccc1F. The van der Waals surface area contributed by atoms with E-state index in [0.29, 0.717) is 17.7 Å². The number of carbonyl (C=O) groups is 1. The van der Waals surface area contributed by atoms with Gasteiger partial charge in [0.25, 0.3) is 5.91 Å². The zero-order valence-corrected chi connectivity index (χ0v) is 11.1. The summed E-state index contributed by atoms with van der Waals surface area (Å²) >= 11 is 0. The molecule has 1 amide bonds. The summed E-state index contributed by atoms with van der Waals surface area (Å²) < 4.78 is 18.6. The maximum Gasteiger partial charge on any atom is 0.255 e. The van der Waals surface area contributed by atoms with Crippen molar-refractivity contribution in [3.05, 3.63) is 58.9 Å². The van der Waals surface area contributed by atoms with Crippen LogP contribution >= 0.6 is 0 Å². The first-order valence-corrected chi connectivity index (χ1v) is 6.47. The lowest BCUT2D eigenvalue weighted by molar-refractivity contribution is 0.102. The second-order valence-electron chi connectivity index (χ2n) is 4.84. The number of carbonyl (C=O) groups excluding carboxylic acids is 1. The second-order valence-corrected chi connectivity index (χ2v) is 4.84. The molecule has 102 valence electrons. The van der Waals surface area contributed by atoms with Crippen LogP contribution in [0.25, 0.3) is 0 Å². The third kappa shape index (κ3) is 2.37. The van der Waals surface area contributed by atoms with Crippen LogP contribution in [0.15, 0.2) is 36.4 Å². The van der Waals surface area contributed by atoms with Crippen LogP contribution < -0.4 is 10.1 Å². The van der Waals surface area contributed by atoms with Crippen molar-refractivity contribution < 1.29 is 13.9 Å². The van der Waals surface area contributed by atoms with Crippen LogP contribution in [-0.2, 0) is 6.42 Å². The average Bonchev–Trinajstić information content (AvgIpc) is 2.89. The van der Waals surface area contributed by atoms with E-state index in [1.807, 2.05) is 12.1 Å². The van der Waals surface area contributed by atoms with Gasteiger partial charge in [0.1, 0.15) is 11.6 Å². The van der Waals surface area contributed by atoms with Gasteiger partial charge in [0.2, 0.25) is 0 Å². The van der Waals surface area contributed by atoms with Gasteiger partial charge in [-0.05, 0) is 54.4 Å². The molecule has 0 aromatic heterocycles. The molecule has 0 bridgehead atoms. The van der Waals surface area contributed by atoms with Crippen molar-refractivity contribution in [1.29, 1.82) is 0 Å². The predicted molar refractivity (Wildman–Crippen MR) is 74.7 cm³/mol. The summed E-state index contributed by atoms with van der Waals surface area (Å²) in [5.74, 6) is 0.323. The summed E-state index contributed by atoms with van der Waals surface area (Å²) in [4.78, 5) is 12.1. The Hall–Kier alpha value is -2.36. The molecular formula is C16H14FNO2. The molecule has 0 atom stereocenters. The minimum Gasteiger partial charge on any atom is -0.493 e. The fourth-order valence-electron chi connectivity index (χ4n) is 2.25. The molecule has 2 aromatic rings. The molecule has 1 aliphatic rings. The number of rotatable bonds is 2. The number of halogens is 1. The van der Waals surface area contributed by atoms with Gasteiger partial charge in [-0.2, -0.15) is 0 Å². The Balaban J connectivity index is 1.80. The van der Waals surface area contributed by atoms with Crippen molar-refractivity contribution >= 4 is 11.6 Å². The first kappa shape index (κ1) is 12.7. The van der Waals surface area contributed by atoms with E-state index in [1.165, 1.54) is 12.1 Å². The van der Waals surface area contributed by atoms with Crippen molar-refractivity contribution in [2.24, 2.45) is 0 Å². The number of hydrogen-bond donors (Lipinski definition) is 1. The van der Waals surface area contributed by atoms with E-state index in [1.54, 1.807) is 19.1 Å². The van der Waals surface area contributed by atoms with Crippen LogP contribution in [0.4, 0.5) is 10.1 Å². The Morgan fingerprint density at radius 2 is 2.10 bits per heavy atom. The van der Waals surface area contributed by atoms with Gasteiger partial charge in [-0.3, -0.25) is 4.79 Å². The van der Waals surface area contributed by atoms with Gasteiger partial charge in [0.05, 0.1) is 6.61 Å². The Morgan fingerprint density at radius 1 is 1.25 bits per heavy atom. The van der Waals surface area contributed by atoms with Gasteiger partial charge >= 0.3 is 0 Å². The summed E-state index contributed by atoms with van der Waals surface area (Å²) in [6.45, 7) is 2.32. The molecule has 0 saturated heterocycles. The Labute approximate surface area is 116 Å². The van der Waals surface area contributed by atoms with Gasteiger partial charge in [0.15, 0.2) is 0 Å². The summed E-state index contributed by atoms with van der Waals surface area (Å²) in [6, 6.07) is 9.90. The van der Waals surface area contributed by atoms with Gasteiger partial charge in [-0.25, -0.2) is 4.39 Å². The van der Waals surface area contributed by atoms with Gasteiger partial charge in [-0.15, -0.1) is 0 Å². The number of fused-ring (bicyclic) bond motifs is 1. The Bertz CT molecular complexity index is 682. The summed E-state index contributed by atoms with van der Waals surface area (Å²) in [6.07, 6.45) is 0.856. The van der Waals surface area contributed by atoms with E-state index in [2.05, 4.69) is 5.32 Å². The molecule has 0 saturated carbocycles. The average molecular weight is 271 g/mol. The quantitative estimate of drug-likeness (QED) is 0.910. The fourth-order valence-corrected chi connectivity index (χ4v) is 2.25. The lowest BCUT2D eigenvalue weighted by Gasteiger charge is -2.07. The Morgan fingerprint density at radius 3 is 2.90 bits per heavy atom. The van der Waals surface area contributed by atoms with E-state index < -0.39 is 0 Å². The highest BCUT2D eigenvalue weighted by atomic mass is 19.1. The van der Waals surface area contributed by atoms with E-state index in [9.17, 15) is 9.18 Å². The third-order valence-corrected chi connectivity index (χ3v) is 3.37. The number of ether oxygens (including phenoxy) is 1. The van der Waals surface area contributed by atoms with E-state index in [0.717, 1.165) is 23.4 Å². The van der Waals surface area contributed by atoms with Crippen LogP contribution in [0.1, 0.15) is 21.5 Å². The number of aryl methyl sites for hydroxylation is 1. The molecular weight excluding hydrogens is 257 g/mol. The third-order valence-electron chi connectivity index (χ3n) is 3.37. The molecule has 1 N–H and O–H groups in total. The first-order valence-electron chi connectivity index (χ1n) is 6.47. The van der Waals surface area contributed by atoms with E-state index >= 15 is 0 Å². The van der Waals surface area contributed by atoms with Crippen LogP contribution in [-0.4, -0.2) is 12.5 Å². The van der Waals surface area contributed by atoms with Crippen LogP contribution in [0.3, 0.4) is 0 Å². The number of hydrogen-bond acceptors (Lipinski definition) is 2. The molecule has 0 fully saturated rings. The molecule has 0 radical (unpaired) electrons. The number of anilines is 1. The van der Waals surface area contributed by atoms with Crippen molar-refractivity contribution in [2.45, 2.75) is 13.3 Å². The Kier molecular flexibility index (Phi) is 3.14. The van der Waals surface area contributed by atoms with Crippen molar-refractivity contribution in [2.75, 3.05) is 11.9 Å². The number of benzene rings is 2. The fraction of sp³-hybridized carbons (Fsp3) is 0.188. The molecule has 3 nitrogen and oxygen atoms in total. The van der Waals surface area contributed by atoms with Crippen molar-refractivity contribution in [3.63, 3.8) is 0 Å². The van der Waals surface area contributed by atoms with Gasteiger partial charge < -0.3 is 10.1 Å². The largest absolute Gasteiger partial charge is 0.493 e. The normalized spacial score (nSPS) is 12.7. The second kappa shape index (κ2) is 4.96. The topological polar surface area (TPSA) is 38.3 Å². The lowest BCUT2D eigenvalue weighted by Crippen LogP contribution is -2.12. The molecule has 0 spiro atoms. The summed E-state index contributed by atoms with van der Waals surface area (Å²) in [5.41, 5.74) is 2.72. The first-order chi connectivity index (χ1) is 9.63. The van der Waals surface area contributed by atoms with Gasteiger partial charge in [-0.1, -0.05) is 0 Å². The molecule has 0 unspecified atom stereocenters. The maximum absolute atomic E-state index is 13.2. The molecule has 1 aliphatic heterocycles. The molecule has 20 heavy (non-hydrogen) atoms. The summed E-state index contributed by atoms with van der Waals surface area (Å²) in [7, 11) is 0. The van der Waals surface area contributed by atoms with Crippen molar-refractivity contribution in [1.82, 2.24) is 0 Å². The summed E-state index contributed by atoms with van der Waals surface area (Å²) in [5, 5.41) is 2.82. The van der Waals surface area contributed by atoms with Crippen LogP contribution in [0.5, 0.6) is 5.75 Å². The monoisotopic (exact) mass is 271 g/mol. The minimum absolute atomic E-state index is 0.244. The molecule has 4 heteroatoms.